The molecular formula is C11H15FO. The summed E-state index contributed by atoms with van der Waals surface area (Å²) in [7, 11) is 0. The summed E-state index contributed by atoms with van der Waals surface area (Å²) in [5.41, 5.74) is 1.76. The highest BCUT2D eigenvalue weighted by Crippen LogP contribution is 2.20. The van der Waals surface area contributed by atoms with E-state index in [4.69, 9.17) is 5.11 Å². The molecule has 2 heteroatoms. The predicted molar refractivity (Wildman–Crippen MR) is 51.3 cm³/mol. The van der Waals surface area contributed by atoms with Gasteiger partial charge in [0, 0.05) is 6.61 Å². The zero-order chi connectivity index (χ0) is 9.84. The van der Waals surface area contributed by atoms with Crippen LogP contribution in [0.5, 0.6) is 0 Å². The Hall–Kier alpha value is -0.890. The van der Waals surface area contributed by atoms with Crippen LogP contribution in [0.1, 0.15) is 30.4 Å². The van der Waals surface area contributed by atoms with E-state index in [1.54, 1.807) is 13.0 Å². The Morgan fingerprint density at radius 1 is 1.46 bits per heavy atom. The van der Waals surface area contributed by atoms with Crippen molar-refractivity contribution in [3.8, 4) is 0 Å². The minimum absolute atomic E-state index is 0.167. The van der Waals surface area contributed by atoms with Crippen LogP contribution in [0.3, 0.4) is 0 Å². The van der Waals surface area contributed by atoms with Gasteiger partial charge in [-0.3, -0.25) is 0 Å². The molecular weight excluding hydrogens is 167 g/mol. The van der Waals surface area contributed by atoms with Gasteiger partial charge in [0.25, 0.3) is 0 Å². The van der Waals surface area contributed by atoms with Crippen LogP contribution in [0.25, 0.3) is 0 Å². The van der Waals surface area contributed by atoms with Crippen LogP contribution in [0.15, 0.2) is 18.2 Å². The van der Waals surface area contributed by atoms with Crippen molar-refractivity contribution in [1.29, 1.82) is 0 Å². The Bertz CT molecular complexity index is 283. The molecule has 13 heavy (non-hydrogen) atoms. The van der Waals surface area contributed by atoms with Gasteiger partial charge in [0.2, 0.25) is 0 Å². The average molecular weight is 182 g/mol. The molecule has 0 fully saturated rings. The van der Waals surface area contributed by atoms with Gasteiger partial charge in [-0.05, 0) is 36.5 Å². The molecule has 1 aromatic rings. The largest absolute Gasteiger partial charge is 0.396 e. The molecule has 0 aliphatic carbocycles. The first-order chi connectivity index (χ1) is 6.15. The maximum atomic E-state index is 12.9. The minimum Gasteiger partial charge on any atom is -0.396 e. The fourth-order valence-electron chi connectivity index (χ4n) is 1.33. The lowest BCUT2D eigenvalue weighted by Gasteiger charge is -2.10. The van der Waals surface area contributed by atoms with Crippen molar-refractivity contribution >= 4 is 0 Å². The van der Waals surface area contributed by atoms with E-state index in [1.807, 2.05) is 13.0 Å². The fourth-order valence-corrected chi connectivity index (χ4v) is 1.33. The second-order valence-electron chi connectivity index (χ2n) is 3.42. The van der Waals surface area contributed by atoms with Crippen molar-refractivity contribution in [1.82, 2.24) is 0 Å². The quantitative estimate of drug-likeness (QED) is 0.761. The first-order valence-electron chi connectivity index (χ1n) is 4.52. The molecule has 1 rings (SSSR count). The molecule has 0 amide bonds. The van der Waals surface area contributed by atoms with Gasteiger partial charge in [-0.2, -0.15) is 0 Å². The fraction of sp³-hybridized carbons (Fsp3) is 0.455. The third-order valence-electron chi connectivity index (χ3n) is 2.31. The van der Waals surface area contributed by atoms with Crippen LogP contribution in [-0.2, 0) is 0 Å². The summed E-state index contributed by atoms with van der Waals surface area (Å²) in [5.74, 6) is 0.129. The van der Waals surface area contributed by atoms with Gasteiger partial charge in [-0.1, -0.05) is 19.1 Å². The molecule has 0 saturated heterocycles. The second kappa shape index (κ2) is 4.38. The topological polar surface area (TPSA) is 20.2 Å². The summed E-state index contributed by atoms with van der Waals surface area (Å²) >= 11 is 0. The van der Waals surface area contributed by atoms with Crippen molar-refractivity contribution in [3.05, 3.63) is 35.1 Å². The second-order valence-corrected chi connectivity index (χ2v) is 3.42. The molecule has 0 aliphatic heterocycles. The first kappa shape index (κ1) is 10.2. The smallest absolute Gasteiger partial charge is 0.126 e. The molecule has 1 N–H and O–H groups in total. The van der Waals surface area contributed by atoms with Crippen molar-refractivity contribution in [2.45, 2.75) is 26.2 Å². The molecule has 72 valence electrons. The molecule has 1 unspecified atom stereocenters. The Kier molecular flexibility index (Phi) is 3.43. The van der Waals surface area contributed by atoms with Crippen molar-refractivity contribution in [2.75, 3.05) is 6.61 Å². The van der Waals surface area contributed by atoms with Gasteiger partial charge in [0.15, 0.2) is 0 Å². The summed E-state index contributed by atoms with van der Waals surface area (Å²) in [4.78, 5) is 0. The van der Waals surface area contributed by atoms with Crippen LogP contribution in [0.2, 0.25) is 0 Å². The summed E-state index contributed by atoms with van der Waals surface area (Å²) in [6.07, 6.45) is 0.727. The number of hydrogen-bond donors (Lipinski definition) is 1. The Balaban J connectivity index is 2.84. The van der Waals surface area contributed by atoms with E-state index in [9.17, 15) is 4.39 Å². The van der Waals surface area contributed by atoms with Gasteiger partial charge in [0.05, 0.1) is 0 Å². The number of halogens is 1. The Morgan fingerprint density at radius 3 is 2.69 bits per heavy atom. The van der Waals surface area contributed by atoms with E-state index >= 15 is 0 Å². The summed E-state index contributed by atoms with van der Waals surface area (Å²) in [6, 6.07) is 5.11. The molecule has 1 nitrogen and oxygen atoms in total. The summed E-state index contributed by atoms with van der Waals surface area (Å²) in [6.45, 7) is 3.96. The van der Waals surface area contributed by atoms with E-state index in [0.717, 1.165) is 12.0 Å². The first-order valence-corrected chi connectivity index (χ1v) is 4.52. The lowest BCUT2D eigenvalue weighted by molar-refractivity contribution is 0.278. The number of aliphatic hydroxyl groups is 1. The zero-order valence-corrected chi connectivity index (χ0v) is 8.05. The third-order valence-corrected chi connectivity index (χ3v) is 2.31. The number of aliphatic hydroxyl groups excluding tert-OH is 1. The van der Waals surface area contributed by atoms with E-state index < -0.39 is 0 Å². The molecule has 0 spiro atoms. The number of rotatable bonds is 3. The van der Waals surface area contributed by atoms with Gasteiger partial charge in [-0.25, -0.2) is 4.39 Å². The molecule has 1 atom stereocenters. The molecule has 0 saturated carbocycles. The van der Waals surface area contributed by atoms with E-state index in [2.05, 4.69) is 0 Å². The van der Waals surface area contributed by atoms with E-state index in [-0.39, 0.29) is 12.4 Å². The molecule has 0 bridgehead atoms. The highest BCUT2D eigenvalue weighted by atomic mass is 19.1. The number of hydrogen-bond acceptors (Lipinski definition) is 1. The monoisotopic (exact) mass is 182 g/mol. The van der Waals surface area contributed by atoms with E-state index in [1.165, 1.54) is 6.07 Å². The third kappa shape index (κ3) is 2.52. The molecule has 0 heterocycles. The summed E-state index contributed by atoms with van der Waals surface area (Å²) in [5, 5.41) is 8.75. The Labute approximate surface area is 78.2 Å². The minimum atomic E-state index is -0.167. The SMILES string of the molecule is Cc1cc(C(C)CCO)ccc1F. The van der Waals surface area contributed by atoms with Gasteiger partial charge in [0.1, 0.15) is 5.82 Å². The molecule has 0 aromatic heterocycles. The summed E-state index contributed by atoms with van der Waals surface area (Å²) < 4.78 is 12.9. The van der Waals surface area contributed by atoms with Crippen molar-refractivity contribution < 1.29 is 9.50 Å². The van der Waals surface area contributed by atoms with Crippen LogP contribution >= 0.6 is 0 Å². The molecule has 0 aliphatic rings. The molecule has 0 radical (unpaired) electrons. The van der Waals surface area contributed by atoms with Crippen molar-refractivity contribution in [3.63, 3.8) is 0 Å². The number of aryl methyl sites for hydroxylation is 1. The van der Waals surface area contributed by atoms with Gasteiger partial charge < -0.3 is 5.11 Å². The highest BCUT2D eigenvalue weighted by Gasteiger charge is 2.06. The maximum absolute atomic E-state index is 12.9. The maximum Gasteiger partial charge on any atom is 0.126 e. The van der Waals surface area contributed by atoms with Gasteiger partial charge in [-0.15, -0.1) is 0 Å². The van der Waals surface area contributed by atoms with Crippen molar-refractivity contribution in [2.24, 2.45) is 0 Å². The Morgan fingerprint density at radius 2 is 2.15 bits per heavy atom. The average Bonchev–Trinajstić information content (AvgIpc) is 2.10. The van der Waals surface area contributed by atoms with Crippen LogP contribution in [0.4, 0.5) is 4.39 Å². The molecule has 1 aromatic carbocycles. The van der Waals surface area contributed by atoms with Crippen LogP contribution < -0.4 is 0 Å². The normalized spacial score (nSPS) is 12.9. The van der Waals surface area contributed by atoms with E-state index in [0.29, 0.717) is 11.5 Å². The highest BCUT2D eigenvalue weighted by molar-refractivity contribution is 5.26. The van der Waals surface area contributed by atoms with Crippen LogP contribution in [-0.4, -0.2) is 11.7 Å². The standard InChI is InChI=1S/C11H15FO/c1-8(5-6-13)10-3-4-11(12)9(2)7-10/h3-4,7-8,13H,5-6H2,1-2H3. The zero-order valence-electron chi connectivity index (χ0n) is 8.05. The number of benzene rings is 1. The van der Waals surface area contributed by atoms with Crippen LogP contribution in [0, 0.1) is 12.7 Å². The lowest BCUT2D eigenvalue weighted by atomic mass is 9.97. The lowest BCUT2D eigenvalue weighted by Crippen LogP contribution is -1.97. The predicted octanol–water partition coefficient (Wildman–Crippen LogP) is 2.62. The van der Waals surface area contributed by atoms with Gasteiger partial charge >= 0.3 is 0 Å².